The fraction of sp³-hybridized carbons (Fsp3) is 0.400. The van der Waals surface area contributed by atoms with Crippen LogP contribution in [0.2, 0.25) is 0 Å². The lowest BCUT2D eigenvalue weighted by Gasteiger charge is -2.28. The topological polar surface area (TPSA) is 196 Å². The van der Waals surface area contributed by atoms with E-state index < -0.39 is 69.4 Å². The van der Waals surface area contributed by atoms with Crippen molar-refractivity contribution < 1.29 is 41.8 Å². The number of para-hydroxylation sites is 1. The number of sulfonamides is 1. The third-order valence-electron chi connectivity index (χ3n) is 6.15. The van der Waals surface area contributed by atoms with Gasteiger partial charge in [-0.15, -0.1) is 16.3 Å². The van der Waals surface area contributed by atoms with Crippen LogP contribution in [0.3, 0.4) is 0 Å². The summed E-state index contributed by atoms with van der Waals surface area (Å²) in [6.45, 7) is 14.5. The predicted octanol–water partition coefficient (Wildman–Crippen LogP) is 5.83. The summed E-state index contributed by atoms with van der Waals surface area (Å²) in [5.74, 6) is -1.99. The highest BCUT2D eigenvalue weighted by Gasteiger charge is 2.32. The smallest absolute Gasteiger partial charge is 0.437 e. The van der Waals surface area contributed by atoms with E-state index in [1.807, 2.05) is 0 Å². The number of hydrogen-bond donors (Lipinski definition) is 3. The molecular weight excluding hydrogens is 699 g/mol. The molecule has 0 bridgehead atoms. The van der Waals surface area contributed by atoms with Gasteiger partial charge < -0.3 is 25.3 Å². The predicted molar refractivity (Wildman–Crippen MR) is 195 cm³/mol. The van der Waals surface area contributed by atoms with E-state index in [2.05, 4.69) is 15.0 Å². The Bertz CT molecular complexity index is 1870. The van der Waals surface area contributed by atoms with E-state index in [0.717, 1.165) is 16.2 Å². The van der Waals surface area contributed by atoms with Crippen LogP contribution in [0.5, 0.6) is 0 Å². The first-order valence-electron chi connectivity index (χ1n) is 15.8. The van der Waals surface area contributed by atoms with Crippen molar-refractivity contribution in [2.24, 2.45) is 10.7 Å². The molecule has 1 unspecified atom stereocenters. The van der Waals surface area contributed by atoms with E-state index in [9.17, 15) is 27.6 Å². The van der Waals surface area contributed by atoms with Gasteiger partial charge in [0, 0.05) is 17.0 Å². The number of nitrogens with one attached hydrogen (secondary N) is 2. The third-order valence-corrected chi connectivity index (χ3v) is 8.76. The normalized spacial score (nSPS) is 13.2. The van der Waals surface area contributed by atoms with Crippen LogP contribution < -0.4 is 20.7 Å². The minimum Gasteiger partial charge on any atom is -0.459 e. The molecule has 0 fully saturated rings. The number of hydrogen-bond acceptors (Lipinski definition) is 10. The van der Waals surface area contributed by atoms with Crippen LogP contribution in [0.15, 0.2) is 76.6 Å². The maximum absolute atomic E-state index is 13.5. The van der Waals surface area contributed by atoms with Crippen molar-refractivity contribution in [2.75, 3.05) is 11.4 Å². The van der Waals surface area contributed by atoms with Crippen molar-refractivity contribution in [3.63, 3.8) is 0 Å². The summed E-state index contributed by atoms with van der Waals surface area (Å²) in [5, 5.41) is 2.61. The molecule has 1 aromatic heterocycles. The Balaban J connectivity index is 1.93. The zero-order chi connectivity index (χ0) is 38.4. The number of anilines is 1. The van der Waals surface area contributed by atoms with Gasteiger partial charge in [-0.2, -0.15) is 4.72 Å². The summed E-state index contributed by atoms with van der Waals surface area (Å²) in [4.78, 5) is 57.8. The molecule has 0 saturated heterocycles. The largest absolute Gasteiger partial charge is 0.459 e. The molecule has 1 atom stereocenters. The first-order valence-corrected chi connectivity index (χ1v) is 18.1. The van der Waals surface area contributed by atoms with Gasteiger partial charge in [-0.25, -0.2) is 22.9 Å². The number of esters is 1. The van der Waals surface area contributed by atoms with Gasteiger partial charge in [-0.1, -0.05) is 36.4 Å². The molecule has 51 heavy (non-hydrogen) atoms. The summed E-state index contributed by atoms with van der Waals surface area (Å²) in [7, 11) is -4.15. The quantitative estimate of drug-likeness (QED) is 0.104. The van der Waals surface area contributed by atoms with Crippen molar-refractivity contribution in [1.29, 1.82) is 0 Å². The van der Waals surface area contributed by atoms with Crippen LogP contribution in [0.25, 0.3) is 10.4 Å². The van der Waals surface area contributed by atoms with Gasteiger partial charge in [0.1, 0.15) is 22.8 Å². The molecule has 276 valence electrons. The van der Waals surface area contributed by atoms with E-state index in [0.29, 0.717) is 10.4 Å². The Morgan fingerprint density at radius 3 is 1.96 bits per heavy atom. The first kappa shape index (κ1) is 40.6. The van der Waals surface area contributed by atoms with Gasteiger partial charge in [0.15, 0.2) is 0 Å². The van der Waals surface area contributed by atoms with Crippen LogP contribution >= 0.6 is 11.3 Å². The molecule has 4 N–H and O–H groups in total. The van der Waals surface area contributed by atoms with Crippen molar-refractivity contribution in [1.82, 2.24) is 10.0 Å². The maximum Gasteiger partial charge on any atom is 0.437 e. The number of amides is 3. The Kier molecular flexibility index (Phi) is 12.8. The molecule has 0 saturated carbocycles. The van der Waals surface area contributed by atoms with Gasteiger partial charge in [0.25, 0.3) is 5.91 Å². The lowest BCUT2D eigenvalue weighted by Crippen LogP contribution is -2.50. The average molecular weight is 744 g/mol. The minimum atomic E-state index is -4.15. The molecule has 0 aliphatic carbocycles. The third kappa shape index (κ3) is 12.5. The lowest BCUT2D eigenvalue weighted by molar-refractivity contribution is -0.156. The molecule has 14 nitrogen and oxygen atoms in total. The van der Waals surface area contributed by atoms with Crippen LogP contribution in [0.4, 0.5) is 15.3 Å². The van der Waals surface area contributed by atoms with Crippen LogP contribution in [-0.4, -0.2) is 67.8 Å². The number of nitrogens with two attached hydrogens (primary N) is 1. The van der Waals surface area contributed by atoms with Crippen molar-refractivity contribution in [2.45, 2.75) is 90.1 Å². The Morgan fingerprint density at radius 2 is 1.37 bits per heavy atom. The second-order valence-electron chi connectivity index (χ2n) is 14.2. The summed E-state index contributed by atoms with van der Waals surface area (Å²) >= 11 is 1.05. The number of thiophene rings is 1. The zero-order valence-corrected chi connectivity index (χ0v) is 31.7. The molecule has 3 aromatic rings. The van der Waals surface area contributed by atoms with E-state index in [1.54, 1.807) is 111 Å². The molecule has 2 aromatic carbocycles. The average Bonchev–Trinajstić information content (AvgIpc) is 3.47. The SMILES string of the molecule is CC(C)(C)OC(=O)N=C(N)N(C(=O)OC(C)(C)C)c1ccccc1-c1ccc(C(=O)NCC(NS(=O)(=O)c2ccccc2)C(=O)OC(C)(C)C)s1. The lowest BCUT2D eigenvalue weighted by atomic mass is 10.1. The fourth-order valence-electron chi connectivity index (χ4n) is 4.22. The number of nitrogens with zero attached hydrogens (tertiary/aromatic N) is 2. The monoisotopic (exact) mass is 743 g/mol. The van der Waals surface area contributed by atoms with Crippen molar-refractivity contribution >= 4 is 57.1 Å². The summed E-state index contributed by atoms with van der Waals surface area (Å²) in [6.07, 6.45) is -1.93. The van der Waals surface area contributed by atoms with Gasteiger partial charge >= 0.3 is 18.2 Å². The second kappa shape index (κ2) is 16.0. The van der Waals surface area contributed by atoms with Gasteiger partial charge in [0.2, 0.25) is 16.0 Å². The summed E-state index contributed by atoms with van der Waals surface area (Å²) in [5.41, 5.74) is 4.14. The van der Waals surface area contributed by atoms with Gasteiger partial charge in [0.05, 0.1) is 15.5 Å². The van der Waals surface area contributed by atoms with E-state index >= 15 is 0 Å². The summed E-state index contributed by atoms with van der Waals surface area (Å²) < 4.78 is 44.7. The van der Waals surface area contributed by atoms with Crippen LogP contribution in [0, 0.1) is 0 Å². The minimum absolute atomic E-state index is 0.0661. The molecule has 16 heteroatoms. The number of carbonyl (C=O) groups excluding carboxylic acids is 4. The molecular formula is C35H45N5O9S2. The number of aliphatic imine (C=N–C) groups is 1. The highest BCUT2D eigenvalue weighted by Crippen LogP contribution is 2.36. The zero-order valence-electron chi connectivity index (χ0n) is 30.1. The van der Waals surface area contributed by atoms with Gasteiger partial charge in [-0.05, 0) is 92.6 Å². The molecule has 0 radical (unpaired) electrons. The van der Waals surface area contributed by atoms with Crippen molar-refractivity contribution in [3.05, 3.63) is 71.6 Å². The van der Waals surface area contributed by atoms with E-state index in [1.165, 1.54) is 18.2 Å². The van der Waals surface area contributed by atoms with Gasteiger partial charge in [-0.3, -0.25) is 9.59 Å². The Hall–Kier alpha value is -4.80. The fourth-order valence-corrected chi connectivity index (χ4v) is 6.38. The molecule has 1 heterocycles. The number of carbonyl (C=O) groups is 4. The molecule has 0 spiro atoms. The molecule has 3 amide bonds. The number of benzene rings is 2. The first-order chi connectivity index (χ1) is 23.5. The number of ether oxygens (including phenoxy) is 3. The molecule has 0 aliphatic heterocycles. The molecule has 3 rings (SSSR count). The van der Waals surface area contributed by atoms with E-state index in [4.69, 9.17) is 19.9 Å². The second-order valence-corrected chi connectivity index (χ2v) is 17.0. The number of guanidine groups is 1. The highest BCUT2D eigenvalue weighted by atomic mass is 32.2. The Labute approximate surface area is 302 Å². The van der Waals surface area contributed by atoms with Crippen LogP contribution in [0.1, 0.15) is 72.0 Å². The highest BCUT2D eigenvalue weighted by molar-refractivity contribution is 7.89. The standard InChI is InChI=1S/C35H45N5O9S2/c1-33(2,3)47-29(42)24(39-51(45,46)22-15-11-10-12-16-22)21-37-28(41)27-20-19-26(50-27)23-17-13-14-18-25(23)40(32(44)49-35(7,8)9)30(36)38-31(43)48-34(4,5)6/h10-20,24,39H,21H2,1-9H3,(H,37,41)(H2,36,38,43). The maximum atomic E-state index is 13.5. The molecule has 0 aliphatic rings. The summed E-state index contributed by atoms with van der Waals surface area (Å²) in [6, 6.07) is 15.8. The Morgan fingerprint density at radius 1 is 0.804 bits per heavy atom. The van der Waals surface area contributed by atoms with Crippen LogP contribution in [-0.2, 0) is 29.0 Å². The van der Waals surface area contributed by atoms with Crippen molar-refractivity contribution in [3.8, 4) is 10.4 Å². The van der Waals surface area contributed by atoms with E-state index in [-0.39, 0.29) is 15.5 Å². The number of rotatable bonds is 9.